The van der Waals surface area contributed by atoms with Crippen molar-refractivity contribution in [3.05, 3.63) is 83.1 Å². The fourth-order valence-electron chi connectivity index (χ4n) is 2.55. The zero-order valence-corrected chi connectivity index (χ0v) is 14.3. The zero-order valence-electron chi connectivity index (χ0n) is 12.8. The van der Waals surface area contributed by atoms with Crippen LogP contribution in [0.5, 0.6) is 0 Å². The van der Waals surface area contributed by atoms with Crippen molar-refractivity contribution in [1.82, 2.24) is 14.7 Å². The quantitative estimate of drug-likeness (QED) is 0.524. The van der Waals surface area contributed by atoms with Gasteiger partial charge in [-0.2, -0.15) is 4.73 Å². The third-order valence-corrected chi connectivity index (χ3v) is 4.19. The second-order valence-corrected chi connectivity index (χ2v) is 6.28. The Kier molecular flexibility index (Phi) is 4.01. The topological polar surface area (TPSA) is 39.9 Å². The van der Waals surface area contributed by atoms with Crippen LogP contribution in [0.25, 0.3) is 22.4 Å². The van der Waals surface area contributed by atoms with Gasteiger partial charge in [0, 0.05) is 22.4 Å². The molecule has 0 aliphatic carbocycles. The molecule has 2 aromatic carbocycles. The number of rotatable bonds is 4. The standard InChI is InChI=1S/C19H14BrN3O/c20-16-8-9-18-17(11-16)22-19(15-7-4-10-21-12-15)23(18)24-13-14-5-2-1-3-6-14/h1-12H,13H2. The molecule has 0 N–H and O–H groups in total. The van der Waals surface area contributed by atoms with Crippen molar-refractivity contribution in [2.45, 2.75) is 6.61 Å². The largest absolute Gasteiger partial charge is 0.407 e. The van der Waals surface area contributed by atoms with Gasteiger partial charge in [-0.15, -0.1) is 0 Å². The highest BCUT2D eigenvalue weighted by molar-refractivity contribution is 9.10. The summed E-state index contributed by atoms with van der Waals surface area (Å²) in [5.74, 6) is 0.743. The fraction of sp³-hybridized carbons (Fsp3) is 0.0526. The van der Waals surface area contributed by atoms with Gasteiger partial charge in [0.2, 0.25) is 0 Å². The van der Waals surface area contributed by atoms with Gasteiger partial charge in [-0.3, -0.25) is 4.98 Å². The van der Waals surface area contributed by atoms with E-state index in [1.54, 1.807) is 17.1 Å². The predicted molar refractivity (Wildman–Crippen MR) is 97.4 cm³/mol. The van der Waals surface area contributed by atoms with Crippen LogP contribution in [0.2, 0.25) is 0 Å². The minimum atomic E-state index is 0.468. The van der Waals surface area contributed by atoms with Gasteiger partial charge >= 0.3 is 0 Å². The number of fused-ring (bicyclic) bond motifs is 1. The molecule has 0 radical (unpaired) electrons. The van der Waals surface area contributed by atoms with Crippen molar-refractivity contribution in [1.29, 1.82) is 0 Å². The van der Waals surface area contributed by atoms with Crippen LogP contribution in [0.1, 0.15) is 5.56 Å². The minimum absolute atomic E-state index is 0.468. The van der Waals surface area contributed by atoms with Crippen molar-refractivity contribution in [3.8, 4) is 11.4 Å². The van der Waals surface area contributed by atoms with Gasteiger partial charge in [-0.05, 0) is 35.9 Å². The van der Waals surface area contributed by atoms with Gasteiger partial charge in [-0.1, -0.05) is 46.3 Å². The molecule has 4 aromatic rings. The van der Waals surface area contributed by atoms with Crippen molar-refractivity contribution >= 4 is 27.0 Å². The van der Waals surface area contributed by atoms with Crippen LogP contribution in [0, 0.1) is 0 Å². The number of hydrogen-bond acceptors (Lipinski definition) is 3. The molecule has 24 heavy (non-hydrogen) atoms. The Bertz CT molecular complexity index is 968. The van der Waals surface area contributed by atoms with Gasteiger partial charge < -0.3 is 4.84 Å². The number of hydrogen-bond donors (Lipinski definition) is 0. The van der Waals surface area contributed by atoms with E-state index in [0.29, 0.717) is 6.61 Å². The SMILES string of the molecule is Brc1ccc2c(c1)nc(-c1cccnc1)n2OCc1ccccc1. The molecule has 4 nitrogen and oxygen atoms in total. The lowest BCUT2D eigenvalue weighted by molar-refractivity contribution is 0.110. The predicted octanol–water partition coefficient (Wildman–Crippen LogP) is 4.49. The second-order valence-electron chi connectivity index (χ2n) is 5.36. The summed E-state index contributed by atoms with van der Waals surface area (Å²) in [6, 6.07) is 19.9. The molecule has 0 atom stereocenters. The van der Waals surface area contributed by atoms with Crippen molar-refractivity contribution in [2.24, 2.45) is 0 Å². The number of nitrogens with zero attached hydrogens (tertiary/aromatic N) is 3. The molecule has 0 saturated carbocycles. The minimum Gasteiger partial charge on any atom is -0.407 e. The van der Waals surface area contributed by atoms with Crippen LogP contribution >= 0.6 is 15.9 Å². The van der Waals surface area contributed by atoms with E-state index in [9.17, 15) is 0 Å². The maximum atomic E-state index is 6.08. The molecule has 0 unspecified atom stereocenters. The van der Waals surface area contributed by atoms with Crippen molar-refractivity contribution in [2.75, 3.05) is 0 Å². The summed E-state index contributed by atoms with van der Waals surface area (Å²) in [5.41, 5.74) is 3.82. The Morgan fingerprint density at radius 2 is 1.88 bits per heavy atom. The molecule has 0 saturated heterocycles. The van der Waals surface area contributed by atoms with Gasteiger partial charge in [0.25, 0.3) is 0 Å². The molecule has 0 spiro atoms. The summed E-state index contributed by atoms with van der Waals surface area (Å²) in [5, 5.41) is 0. The fourth-order valence-corrected chi connectivity index (χ4v) is 2.90. The van der Waals surface area contributed by atoms with E-state index >= 15 is 0 Å². The van der Waals surface area contributed by atoms with E-state index in [2.05, 4.69) is 20.9 Å². The summed E-state index contributed by atoms with van der Waals surface area (Å²) in [4.78, 5) is 15.0. The van der Waals surface area contributed by atoms with Gasteiger partial charge in [0.15, 0.2) is 5.82 Å². The molecule has 0 aliphatic heterocycles. The highest BCUT2D eigenvalue weighted by atomic mass is 79.9. The Hall–Kier alpha value is -2.66. The Morgan fingerprint density at radius 3 is 2.67 bits per heavy atom. The van der Waals surface area contributed by atoms with Gasteiger partial charge in [0.1, 0.15) is 12.1 Å². The normalized spacial score (nSPS) is 10.9. The molecule has 118 valence electrons. The lowest BCUT2D eigenvalue weighted by Crippen LogP contribution is -2.12. The molecule has 0 bridgehead atoms. The molecular formula is C19H14BrN3O. The number of imidazole rings is 1. The smallest absolute Gasteiger partial charge is 0.178 e. The van der Waals surface area contributed by atoms with Crippen LogP contribution in [-0.4, -0.2) is 14.7 Å². The summed E-state index contributed by atoms with van der Waals surface area (Å²) in [7, 11) is 0. The maximum Gasteiger partial charge on any atom is 0.178 e. The van der Waals surface area contributed by atoms with Crippen LogP contribution in [0.15, 0.2) is 77.5 Å². The number of aromatic nitrogens is 3. The molecule has 2 aromatic heterocycles. The first kappa shape index (κ1) is 14.9. The molecule has 0 aliphatic rings. The molecular weight excluding hydrogens is 366 g/mol. The van der Waals surface area contributed by atoms with E-state index in [0.717, 1.165) is 32.5 Å². The molecule has 4 rings (SSSR count). The van der Waals surface area contributed by atoms with Crippen LogP contribution < -0.4 is 4.84 Å². The van der Waals surface area contributed by atoms with Crippen molar-refractivity contribution in [3.63, 3.8) is 0 Å². The van der Waals surface area contributed by atoms with E-state index in [-0.39, 0.29) is 0 Å². The lowest BCUT2D eigenvalue weighted by atomic mass is 10.2. The van der Waals surface area contributed by atoms with Crippen LogP contribution in [0.4, 0.5) is 0 Å². The van der Waals surface area contributed by atoms with Gasteiger partial charge in [-0.25, -0.2) is 4.98 Å². The first-order valence-electron chi connectivity index (χ1n) is 7.57. The highest BCUT2D eigenvalue weighted by Crippen LogP contribution is 2.25. The van der Waals surface area contributed by atoms with Crippen molar-refractivity contribution < 1.29 is 4.84 Å². The van der Waals surface area contributed by atoms with Gasteiger partial charge in [0.05, 0.1) is 5.52 Å². The van der Waals surface area contributed by atoms with E-state index in [1.165, 1.54) is 0 Å². The summed E-state index contributed by atoms with van der Waals surface area (Å²) in [6.45, 7) is 0.468. The number of benzene rings is 2. The third-order valence-electron chi connectivity index (χ3n) is 3.70. The maximum absolute atomic E-state index is 6.08. The first-order chi connectivity index (χ1) is 11.8. The first-order valence-corrected chi connectivity index (χ1v) is 8.36. The average molecular weight is 380 g/mol. The summed E-state index contributed by atoms with van der Waals surface area (Å²) in [6.07, 6.45) is 3.54. The Labute approximate surface area is 147 Å². The van der Waals surface area contributed by atoms with Crippen LogP contribution in [0.3, 0.4) is 0 Å². The molecule has 0 amide bonds. The third kappa shape index (κ3) is 2.90. The second kappa shape index (κ2) is 6.45. The molecule has 2 heterocycles. The lowest BCUT2D eigenvalue weighted by Gasteiger charge is -2.11. The van der Waals surface area contributed by atoms with E-state index in [4.69, 9.17) is 9.82 Å². The number of pyridine rings is 1. The number of halogens is 1. The molecule has 0 fully saturated rings. The zero-order chi connectivity index (χ0) is 16.4. The molecule has 5 heteroatoms. The highest BCUT2D eigenvalue weighted by Gasteiger charge is 2.14. The summed E-state index contributed by atoms with van der Waals surface area (Å²) >= 11 is 3.50. The van der Waals surface area contributed by atoms with Crippen LogP contribution in [-0.2, 0) is 6.61 Å². The average Bonchev–Trinajstić information content (AvgIpc) is 2.99. The summed E-state index contributed by atoms with van der Waals surface area (Å²) < 4.78 is 2.77. The van der Waals surface area contributed by atoms with E-state index in [1.807, 2.05) is 60.7 Å². The Balaban J connectivity index is 1.79. The Morgan fingerprint density at radius 1 is 1.00 bits per heavy atom. The monoisotopic (exact) mass is 379 g/mol. The van der Waals surface area contributed by atoms with E-state index < -0.39 is 0 Å².